The summed E-state index contributed by atoms with van der Waals surface area (Å²) in [5.74, 6) is 0. The van der Waals surface area contributed by atoms with Crippen LogP contribution in [0.25, 0.3) is 5.65 Å². The molecule has 2 nitrogen and oxygen atoms in total. The second-order valence-corrected chi connectivity index (χ2v) is 3.06. The monoisotopic (exact) mass is 200 g/mol. The number of aryl methyl sites for hydroxylation is 1. The van der Waals surface area contributed by atoms with Gasteiger partial charge in [-0.15, -0.1) is 0 Å². The highest BCUT2D eigenvalue weighted by molar-refractivity contribution is 5.41. The van der Waals surface area contributed by atoms with Crippen LogP contribution in [0.4, 0.5) is 13.2 Å². The molecule has 0 atom stereocenters. The zero-order chi connectivity index (χ0) is 10.3. The van der Waals surface area contributed by atoms with E-state index in [4.69, 9.17) is 0 Å². The third kappa shape index (κ3) is 1.45. The van der Waals surface area contributed by atoms with Gasteiger partial charge < -0.3 is 4.40 Å². The minimum Gasteiger partial charge on any atom is -0.306 e. The van der Waals surface area contributed by atoms with Gasteiger partial charge in [-0.1, -0.05) is 0 Å². The summed E-state index contributed by atoms with van der Waals surface area (Å²) in [6, 6.07) is 2.39. The molecule has 0 saturated heterocycles. The standard InChI is InChI=1S/C9H7F3N2/c1-6-4-14-5-7(9(10,11)12)2-3-8(14)13-6/h2-5H,1H3. The predicted molar refractivity (Wildman–Crippen MR) is 44.9 cm³/mol. The summed E-state index contributed by atoms with van der Waals surface area (Å²) in [6.45, 7) is 1.74. The molecular weight excluding hydrogens is 193 g/mol. The first-order chi connectivity index (χ1) is 6.47. The fourth-order valence-corrected chi connectivity index (χ4v) is 1.29. The van der Waals surface area contributed by atoms with Crippen LogP contribution in [0.2, 0.25) is 0 Å². The Bertz CT molecular complexity index is 470. The Kier molecular flexibility index (Phi) is 1.77. The SMILES string of the molecule is Cc1cn2cc(C(F)(F)F)ccc2n1. The minimum absolute atomic E-state index is 0.524. The quantitative estimate of drug-likeness (QED) is 0.639. The van der Waals surface area contributed by atoms with Gasteiger partial charge in [0, 0.05) is 12.4 Å². The third-order valence-electron chi connectivity index (χ3n) is 1.90. The summed E-state index contributed by atoms with van der Waals surface area (Å²) in [5.41, 5.74) is 0.558. The summed E-state index contributed by atoms with van der Waals surface area (Å²) < 4.78 is 38.2. The lowest BCUT2D eigenvalue weighted by molar-refractivity contribution is -0.137. The van der Waals surface area contributed by atoms with Gasteiger partial charge >= 0.3 is 6.18 Å². The van der Waals surface area contributed by atoms with Crippen molar-refractivity contribution in [1.29, 1.82) is 0 Å². The number of imidazole rings is 1. The van der Waals surface area contributed by atoms with Crippen LogP contribution in [-0.4, -0.2) is 9.38 Å². The first kappa shape index (κ1) is 9.05. The van der Waals surface area contributed by atoms with E-state index in [0.29, 0.717) is 11.3 Å². The molecule has 0 aromatic carbocycles. The molecule has 2 rings (SSSR count). The van der Waals surface area contributed by atoms with Gasteiger partial charge in [-0.05, 0) is 19.1 Å². The van der Waals surface area contributed by atoms with Crippen LogP contribution >= 0.6 is 0 Å². The lowest BCUT2D eigenvalue weighted by Crippen LogP contribution is -2.05. The van der Waals surface area contributed by atoms with E-state index < -0.39 is 11.7 Å². The molecule has 0 bridgehead atoms. The highest BCUT2D eigenvalue weighted by Crippen LogP contribution is 2.29. The second-order valence-electron chi connectivity index (χ2n) is 3.06. The molecule has 0 spiro atoms. The van der Waals surface area contributed by atoms with Gasteiger partial charge in [0.1, 0.15) is 5.65 Å². The lowest BCUT2D eigenvalue weighted by Gasteiger charge is -2.05. The highest BCUT2D eigenvalue weighted by Gasteiger charge is 2.30. The molecule has 14 heavy (non-hydrogen) atoms. The van der Waals surface area contributed by atoms with Crippen LogP contribution in [0, 0.1) is 6.92 Å². The van der Waals surface area contributed by atoms with Crippen LogP contribution < -0.4 is 0 Å². The number of hydrogen-bond acceptors (Lipinski definition) is 1. The van der Waals surface area contributed by atoms with E-state index in [1.54, 1.807) is 13.1 Å². The zero-order valence-corrected chi connectivity index (χ0v) is 7.34. The van der Waals surface area contributed by atoms with Gasteiger partial charge in [0.05, 0.1) is 11.3 Å². The van der Waals surface area contributed by atoms with Crippen molar-refractivity contribution >= 4 is 5.65 Å². The lowest BCUT2D eigenvalue weighted by atomic mass is 10.3. The van der Waals surface area contributed by atoms with Crippen LogP contribution in [0.1, 0.15) is 11.3 Å². The Hall–Kier alpha value is -1.52. The molecule has 2 aromatic rings. The molecule has 0 amide bonds. The molecule has 5 heteroatoms. The van der Waals surface area contributed by atoms with E-state index in [1.807, 2.05) is 0 Å². The molecule has 2 aromatic heterocycles. The Morgan fingerprint density at radius 2 is 1.93 bits per heavy atom. The maximum atomic E-state index is 12.3. The molecule has 74 valence electrons. The van der Waals surface area contributed by atoms with E-state index in [2.05, 4.69) is 4.98 Å². The maximum absolute atomic E-state index is 12.3. The van der Waals surface area contributed by atoms with Gasteiger partial charge in [-0.2, -0.15) is 13.2 Å². The van der Waals surface area contributed by atoms with Gasteiger partial charge in [0.2, 0.25) is 0 Å². The molecule has 0 saturated carbocycles. The summed E-state index contributed by atoms with van der Waals surface area (Å²) in [6.07, 6.45) is -1.70. The number of halogens is 3. The number of pyridine rings is 1. The molecule has 0 aliphatic rings. The summed E-state index contributed by atoms with van der Waals surface area (Å²) >= 11 is 0. The molecule has 0 fully saturated rings. The van der Waals surface area contributed by atoms with Crippen molar-refractivity contribution in [3.8, 4) is 0 Å². The Balaban J connectivity index is 2.62. The van der Waals surface area contributed by atoms with Crippen molar-refractivity contribution in [2.75, 3.05) is 0 Å². The average Bonchev–Trinajstić information content (AvgIpc) is 2.41. The summed E-state index contributed by atoms with van der Waals surface area (Å²) in [5, 5.41) is 0. The minimum atomic E-state index is -4.30. The van der Waals surface area contributed by atoms with E-state index in [1.165, 1.54) is 10.5 Å². The second kappa shape index (κ2) is 2.73. The van der Waals surface area contributed by atoms with Crippen molar-refractivity contribution in [1.82, 2.24) is 9.38 Å². The average molecular weight is 200 g/mol. The number of aromatic nitrogens is 2. The molecule has 0 aliphatic heterocycles. The largest absolute Gasteiger partial charge is 0.417 e. The van der Waals surface area contributed by atoms with Crippen molar-refractivity contribution in [2.45, 2.75) is 13.1 Å². The van der Waals surface area contributed by atoms with E-state index >= 15 is 0 Å². The molecule has 2 heterocycles. The number of hydrogen-bond donors (Lipinski definition) is 0. The predicted octanol–water partition coefficient (Wildman–Crippen LogP) is 2.66. The van der Waals surface area contributed by atoms with Crippen LogP contribution in [0.15, 0.2) is 24.5 Å². The van der Waals surface area contributed by atoms with Gasteiger partial charge in [-0.3, -0.25) is 0 Å². The van der Waals surface area contributed by atoms with Gasteiger partial charge in [0.15, 0.2) is 0 Å². The smallest absolute Gasteiger partial charge is 0.306 e. The fourth-order valence-electron chi connectivity index (χ4n) is 1.29. The topological polar surface area (TPSA) is 17.3 Å². The number of rotatable bonds is 0. The zero-order valence-electron chi connectivity index (χ0n) is 7.34. The molecule has 0 N–H and O–H groups in total. The molecule has 0 radical (unpaired) electrons. The van der Waals surface area contributed by atoms with Crippen molar-refractivity contribution in [3.05, 3.63) is 35.8 Å². The van der Waals surface area contributed by atoms with Gasteiger partial charge in [-0.25, -0.2) is 4.98 Å². The Labute approximate surface area is 78.0 Å². The first-order valence-corrected chi connectivity index (χ1v) is 3.99. The van der Waals surface area contributed by atoms with Crippen LogP contribution in [-0.2, 0) is 6.18 Å². The summed E-state index contributed by atoms with van der Waals surface area (Å²) in [7, 11) is 0. The number of nitrogens with zero attached hydrogens (tertiary/aromatic N) is 2. The van der Waals surface area contributed by atoms with Gasteiger partial charge in [0.25, 0.3) is 0 Å². The fraction of sp³-hybridized carbons (Fsp3) is 0.222. The molecule has 0 unspecified atom stereocenters. The van der Waals surface area contributed by atoms with Crippen LogP contribution in [0.5, 0.6) is 0 Å². The van der Waals surface area contributed by atoms with Crippen molar-refractivity contribution in [2.24, 2.45) is 0 Å². The number of fused-ring (bicyclic) bond motifs is 1. The molecular formula is C9H7F3N2. The Morgan fingerprint density at radius 3 is 2.57 bits per heavy atom. The number of alkyl halides is 3. The Morgan fingerprint density at radius 1 is 1.21 bits per heavy atom. The first-order valence-electron chi connectivity index (χ1n) is 3.99. The maximum Gasteiger partial charge on any atom is 0.417 e. The van der Waals surface area contributed by atoms with E-state index in [9.17, 15) is 13.2 Å². The van der Waals surface area contributed by atoms with E-state index in [0.717, 1.165) is 12.3 Å². The van der Waals surface area contributed by atoms with Crippen molar-refractivity contribution < 1.29 is 13.2 Å². The molecule has 0 aliphatic carbocycles. The third-order valence-corrected chi connectivity index (χ3v) is 1.90. The van der Waals surface area contributed by atoms with Crippen LogP contribution in [0.3, 0.4) is 0 Å². The highest BCUT2D eigenvalue weighted by atomic mass is 19.4. The normalized spacial score (nSPS) is 12.3. The van der Waals surface area contributed by atoms with E-state index in [-0.39, 0.29) is 0 Å². The summed E-state index contributed by atoms with van der Waals surface area (Å²) in [4.78, 5) is 4.03. The van der Waals surface area contributed by atoms with Crippen molar-refractivity contribution in [3.63, 3.8) is 0 Å².